The summed E-state index contributed by atoms with van der Waals surface area (Å²) in [5, 5.41) is 11.5. The maximum atomic E-state index is 10.3. The van der Waals surface area contributed by atoms with Crippen molar-refractivity contribution in [2.75, 3.05) is 20.1 Å². The maximum Gasteiger partial charge on any atom is 0.307 e. The van der Waals surface area contributed by atoms with Crippen LogP contribution in [0.4, 0.5) is 0 Å². The summed E-state index contributed by atoms with van der Waals surface area (Å²) in [7, 11) is 1.50. The molecule has 1 aliphatic rings. The monoisotopic (exact) mass is 160 g/mol. The predicted octanol–water partition coefficient (Wildman–Crippen LogP) is -0.355. The van der Waals surface area contributed by atoms with Crippen LogP contribution in [-0.2, 0) is 4.79 Å². The Balaban J connectivity index is 0.000000461. The molecule has 4 N–H and O–H groups in total. The highest BCUT2D eigenvalue weighted by Gasteiger charge is 2.18. The van der Waals surface area contributed by atoms with Crippen molar-refractivity contribution in [3.05, 3.63) is 0 Å². The normalized spacial score (nSPS) is 23.3. The molecule has 0 amide bonds. The number of hydrogen-bond donors (Lipinski definition) is 3. The van der Waals surface area contributed by atoms with E-state index in [1.54, 1.807) is 0 Å². The van der Waals surface area contributed by atoms with Gasteiger partial charge in [0.15, 0.2) is 0 Å². The molecule has 11 heavy (non-hydrogen) atoms. The summed E-state index contributed by atoms with van der Waals surface area (Å²) in [5.74, 6) is -0.805. The van der Waals surface area contributed by atoms with E-state index in [1.807, 2.05) is 0 Å². The summed E-state index contributed by atoms with van der Waals surface area (Å²) in [6.07, 6.45) is 1.83. The molecule has 0 radical (unpaired) electrons. The molecule has 0 aliphatic carbocycles. The SMILES string of the molecule is CN.O=C(O)C1CCCNC1. The van der Waals surface area contributed by atoms with Crippen molar-refractivity contribution >= 4 is 5.97 Å². The van der Waals surface area contributed by atoms with E-state index < -0.39 is 5.97 Å². The van der Waals surface area contributed by atoms with Gasteiger partial charge >= 0.3 is 5.97 Å². The number of carboxylic acids is 1. The molecule has 1 unspecified atom stereocenters. The Bertz CT molecular complexity index is 111. The molecule has 1 heterocycles. The number of carbonyl (C=O) groups is 1. The van der Waals surface area contributed by atoms with Gasteiger partial charge in [-0.25, -0.2) is 0 Å². The molecule has 0 saturated carbocycles. The van der Waals surface area contributed by atoms with Crippen LogP contribution in [0.3, 0.4) is 0 Å². The van der Waals surface area contributed by atoms with E-state index in [0.717, 1.165) is 19.4 Å². The Kier molecular flexibility index (Phi) is 5.78. The first kappa shape index (κ1) is 10.4. The zero-order chi connectivity index (χ0) is 8.69. The van der Waals surface area contributed by atoms with Crippen LogP contribution in [-0.4, -0.2) is 31.2 Å². The minimum Gasteiger partial charge on any atom is -0.481 e. The maximum absolute atomic E-state index is 10.3. The van der Waals surface area contributed by atoms with Crippen LogP contribution in [0, 0.1) is 5.92 Å². The zero-order valence-corrected chi connectivity index (χ0v) is 6.84. The second-order valence-corrected chi connectivity index (χ2v) is 2.38. The van der Waals surface area contributed by atoms with Gasteiger partial charge < -0.3 is 16.2 Å². The summed E-state index contributed by atoms with van der Waals surface area (Å²) in [6, 6.07) is 0. The molecule has 0 aromatic rings. The molecule has 1 rings (SSSR count). The number of nitrogens with two attached hydrogens (primary N) is 1. The summed E-state index contributed by atoms with van der Waals surface area (Å²) in [6.45, 7) is 1.62. The second kappa shape index (κ2) is 6.12. The van der Waals surface area contributed by atoms with Crippen molar-refractivity contribution in [2.45, 2.75) is 12.8 Å². The summed E-state index contributed by atoms with van der Waals surface area (Å²) >= 11 is 0. The van der Waals surface area contributed by atoms with Crippen molar-refractivity contribution in [3.63, 3.8) is 0 Å². The lowest BCUT2D eigenvalue weighted by Gasteiger charge is -2.18. The summed E-state index contributed by atoms with van der Waals surface area (Å²) in [5.41, 5.74) is 4.50. The van der Waals surface area contributed by atoms with Gasteiger partial charge in [-0.1, -0.05) is 0 Å². The first-order valence-electron chi connectivity index (χ1n) is 3.82. The molecule has 4 nitrogen and oxygen atoms in total. The average Bonchev–Trinajstić information content (AvgIpc) is 2.10. The second-order valence-electron chi connectivity index (χ2n) is 2.38. The Labute approximate surface area is 66.8 Å². The summed E-state index contributed by atoms with van der Waals surface area (Å²) < 4.78 is 0. The van der Waals surface area contributed by atoms with Crippen LogP contribution in [0.25, 0.3) is 0 Å². The lowest BCUT2D eigenvalue weighted by molar-refractivity contribution is -0.142. The van der Waals surface area contributed by atoms with E-state index in [-0.39, 0.29) is 5.92 Å². The molecule has 66 valence electrons. The topological polar surface area (TPSA) is 75.4 Å². The number of nitrogens with one attached hydrogen (secondary N) is 1. The minimum absolute atomic E-state index is 0.140. The molecule has 1 saturated heterocycles. The van der Waals surface area contributed by atoms with Crippen molar-refractivity contribution in [1.29, 1.82) is 0 Å². The third-order valence-corrected chi connectivity index (χ3v) is 1.65. The number of carboxylic acid groups (broad SMARTS) is 1. The van der Waals surface area contributed by atoms with Gasteiger partial charge in [-0.05, 0) is 26.4 Å². The molecule has 1 fully saturated rings. The van der Waals surface area contributed by atoms with Gasteiger partial charge in [0.1, 0.15) is 0 Å². The lowest BCUT2D eigenvalue weighted by Crippen LogP contribution is -2.34. The van der Waals surface area contributed by atoms with E-state index in [9.17, 15) is 4.79 Å². The Morgan fingerprint density at radius 1 is 1.64 bits per heavy atom. The molecule has 4 heteroatoms. The number of hydrogen-bond acceptors (Lipinski definition) is 3. The van der Waals surface area contributed by atoms with E-state index in [2.05, 4.69) is 11.1 Å². The van der Waals surface area contributed by atoms with Crippen LogP contribution >= 0.6 is 0 Å². The largest absolute Gasteiger partial charge is 0.481 e. The number of rotatable bonds is 1. The summed E-state index contributed by atoms with van der Waals surface area (Å²) in [4.78, 5) is 10.3. The van der Waals surface area contributed by atoms with Crippen LogP contribution in [0.1, 0.15) is 12.8 Å². The Morgan fingerprint density at radius 3 is 2.55 bits per heavy atom. The number of aliphatic carboxylic acids is 1. The number of piperidine rings is 1. The fourth-order valence-electron chi connectivity index (χ4n) is 1.06. The fraction of sp³-hybridized carbons (Fsp3) is 0.857. The minimum atomic E-state index is -0.665. The highest BCUT2D eigenvalue weighted by Crippen LogP contribution is 2.08. The average molecular weight is 160 g/mol. The van der Waals surface area contributed by atoms with Gasteiger partial charge in [0, 0.05) is 6.54 Å². The van der Waals surface area contributed by atoms with Crippen LogP contribution in [0.15, 0.2) is 0 Å². The van der Waals surface area contributed by atoms with Crippen molar-refractivity contribution in [3.8, 4) is 0 Å². The van der Waals surface area contributed by atoms with Crippen LogP contribution in [0.5, 0.6) is 0 Å². The highest BCUT2D eigenvalue weighted by molar-refractivity contribution is 5.70. The highest BCUT2D eigenvalue weighted by atomic mass is 16.4. The van der Waals surface area contributed by atoms with E-state index >= 15 is 0 Å². The quantitative estimate of drug-likeness (QED) is 0.490. The van der Waals surface area contributed by atoms with E-state index in [0.29, 0.717) is 6.54 Å². The molecule has 0 bridgehead atoms. The smallest absolute Gasteiger partial charge is 0.307 e. The molecule has 0 aromatic carbocycles. The molecule has 1 aliphatic heterocycles. The standard InChI is InChI=1S/C6H11NO2.CH5N/c8-6(9)5-2-1-3-7-4-5;1-2/h5,7H,1-4H2,(H,8,9);2H2,1H3. The van der Waals surface area contributed by atoms with Gasteiger partial charge in [0.05, 0.1) is 5.92 Å². The van der Waals surface area contributed by atoms with Gasteiger partial charge in [0.2, 0.25) is 0 Å². The molecule has 1 atom stereocenters. The Morgan fingerprint density at radius 2 is 2.27 bits per heavy atom. The van der Waals surface area contributed by atoms with Gasteiger partial charge in [-0.15, -0.1) is 0 Å². The first-order chi connectivity index (χ1) is 5.30. The van der Waals surface area contributed by atoms with Crippen LogP contribution < -0.4 is 11.1 Å². The first-order valence-corrected chi connectivity index (χ1v) is 3.82. The van der Waals surface area contributed by atoms with Gasteiger partial charge in [-0.3, -0.25) is 4.79 Å². The van der Waals surface area contributed by atoms with Crippen LogP contribution in [0.2, 0.25) is 0 Å². The van der Waals surface area contributed by atoms with E-state index in [1.165, 1.54) is 7.05 Å². The molecule has 0 spiro atoms. The molecule has 0 aromatic heterocycles. The Hall–Kier alpha value is -0.610. The van der Waals surface area contributed by atoms with Crippen molar-refractivity contribution in [1.82, 2.24) is 5.32 Å². The third kappa shape index (κ3) is 3.95. The van der Waals surface area contributed by atoms with Crippen molar-refractivity contribution in [2.24, 2.45) is 11.7 Å². The lowest BCUT2D eigenvalue weighted by atomic mass is 10.0. The van der Waals surface area contributed by atoms with Gasteiger partial charge in [-0.2, -0.15) is 0 Å². The fourth-order valence-corrected chi connectivity index (χ4v) is 1.06. The zero-order valence-electron chi connectivity index (χ0n) is 6.84. The van der Waals surface area contributed by atoms with Gasteiger partial charge in [0.25, 0.3) is 0 Å². The predicted molar refractivity (Wildman–Crippen MR) is 43.3 cm³/mol. The van der Waals surface area contributed by atoms with E-state index in [4.69, 9.17) is 5.11 Å². The third-order valence-electron chi connectivity index (χ3n) is 1.65. The molecular weight excluding hydrogens is 144 g/mol. The molecular formula is C7H16N2O2. The van der Waals surface area contributed by atoms with Crippen molar-refractivity contribution < 1.29 is 9.90 Å².